The molecule has 0 amide bonds. The molecule has 1 aromatic heterocycles. The van der Waals surface area contributed by atoms with Gasteiger partial charge in [-0.25, -0.2) is 13.2 Å². The first kappa shape index (κ1) is 21.9. The first-order chi connectivity index (χ1) is 13.1. The van der Waals surface area contributed by atoms with E-state index < -0.39 is 26.5 Å². The van der Waals surface area contributed by atoms with Crippen LogP contribution in [0.25, 0.3) is 0 Å². The molecule has 0 aliphatic rings. The van der Waals surface area contributed by atoms with E-state index >= 15 is 0 Å². The van der Waals surface area contributed by atoms with Crippen LogP contribution in [0, 0.1) is 5.41 Å². The molecular formula is C19H26N2O6S. The molecule has 9 heteroatoms. The van der Waals surface area contributed by atoms with Crippen LogP contribution in [0.4, 0.5) is 0 Å². The molecule has 154 valence electrons. The number of aromatic amines is 1. The zero-order valence-corrected chi connectivity index (χ0v) is 17.1. The number of nitrogens with one attached hydrogen (secondary N) is 1. The van der Waals surface area contributed by atoms with Crippen molar-refractivity contribution in [3.8, 4) is 5.75 Å². The van der Waals surface area contributed by atoms with Crippen LogP contribution in [0.5, 0.6) is 5.75 Å². The molecule has 1 heterocycles. The van der Waals surface area contributed by atoms with Crippen LogP contribution < -0.4 is 16.0 Å². The highest BCUT2D eigenvalue weighted by molar-refractivity contribution is 7.91. The summed E-state index contributed by atoms with van der Waals surface area (Å²) in [6.45, 7) is 4.20. The lowest BCUT2D eigenvalue weighted by atomic mass is 9.90. The Morgan fingerprint density at radius 1 is 1.18 bits per heavy atom. The third-order valence-corrected chi connectivity index (χ3v) is 6.38. The van der Waals surface area contributed by atoms with Gasteiger partial charge >= 0.3 is 5.69 Å². The van der Waals surface area contributed by atoms with E-state index in [-0.39, 0.29) is 17.4 Å². The lowest BCUT2D eigenvalue weighted by molar-refractivity contribution is 0.0663. The Morgan fingerprint density at radius 3 is 2.61 bits per heavy atom. The van der Waals surface area contributed by atoms with Gasteiger partial charge in [0.1, 0.15) is 12.5 Å². The number of rotatable bonds is 10. The molecule has 28 heavy (non-hydrogen) atoms. The quantitative estimate of drug-likeness (QED) is 0.599. The number of hydrogen-bond acceptors (Lipinski definition) is 6. The largest absolute Gasteiger partial charge is 0.497 e. The molecule has 0 aliphatic carbocycles. The minimum atomic E-state index is -3.45. The summed E-state index contributed by atoms with van der Waals surface area (Å²) < 4.78 is 37.2. The summed E-state index contributed by atoms with van der Waals surface area (Å²) in [6, 6.07) is 7.70. The molecule has 0 atom stereocenters. The van der Waals surface area contributed by atoms with Crippen molar-refractivity contribution < 1.29 is 17.9 Å². The standard InChI is InChI=1S/C19H26N2O6S/c1-19(2,13-28(24,25)16-7-4-6-15(12-16)26-3)9-5-11-27-14-21-10-8-17(22)20-18(21)23/h4,6-8,10,12H,5,9,11,13-14H2,1-3H3,(H,20,22,23). The maximum absolute atomic E-state index is 12.7. The SMILES string of the molecule is COc1cccc(S(=O)(=O)CC(C)(C)CCCOCn2ccc(=O)[nH]c2=O)c1. The van der Waals surface area contributed by atoms with Crippen molar-refractivity contribution in [2.45, 2.75) is 38.3 Å². The van der Waals surface area contributed by atoms with E-state index in [1.54, 1.807) is 18.2 Å². The Balaban J connectivity index is 1.85. The third kappa shape index (κ3) is 6.35. The molecule has 0 bridgehead atoms. The van der Waals surface area contributed by atoms with E-state index in [0.29, 0.717) is 25.2 Å². The molecule has 0 saturated heterocycles. The highest BCUT2D eigenvalue weighted by Gasteiger charge is 2.27. The summed E-state index contributed by atoms with van der Waals surface area (Å²) in [5.74, 6) is 0.511. The average Bonchev–Trinajstić information content (AvgIpc) is 2.62. The monoisotopic (exact) mass is 410 g/mol. The number of H-pyrrole nitrogens is 1. The van der Waals surface area contributed by atoms with Crippen molar-refractivity contribution in [2.24, 2.45) is 5.41 Å². The highest BCUT2D eigenvalue weighted by atomic mass is 32.2. The molecule has 0 fully saturated rings. The zero-order valence-electron chi connectivity index (χ0n) is 16.3. The van der Waals surface area contributed by atoms with Crippen molar-refractivity contribution >= 4 is 9.84 Å². The third-order valence-electron chi connectivity index (χ3n) is 4.25. The molecule has 1 N–H and O–H groups in total. The second kappa shape index (κ2) is 9.20. The van der Waals surface area contributed by atoms with Gasteiger partial charge in [-0.1, -0.05) is 19.9 Å². The number of sulfone groups is 1. The van der Waals surface area contributed by atoms with Crippen LogP contribution in [-0.2, 0) is 21.3 Å². The summed E-state index contributed by atoms with van der Waals surface area (Å²) in [5, 5.41) is 0. The minimum absolute atomic E-state index is 0.00650. The summed E-state index contributed by atoms with van der Waals surface area (Å²) in [5.41, 5.74) is -1.43. The Bertz CT molecular complexity index is 1010. The van der Waals surface area contributed by atoms with Gasteiger partial charge in [0.2, 0.25) is 0 Å². The van der Waals surface area contributed by atoms with Gasteiger partial charge in [-0.3, -0.25) is 14.3 Å². The fourth-order valence-corrected chi connectivity index (χ4v) is 4.75. The van der Waals surface area contributed by atoms with Crippen LogP contribution in [0.15, 0.2) is 51.0 Å². The van der Waals surface area contributed by atoms with Gasteiger partial charge in [0.05, 0.1) is 17.8 Å². The highest BCUT2D eigenvalue weighted by Crippen LogP contribution is 2.28. The van der Waals surface area contributed by atoms with E-state index in [0.717, 1.165) is 0 Å². The lowest BCUT2D eigenvalue weighted by Crippen LogP contribution is -2.29. The minimum Gasteiger partial charge on any atom is -0.497 e. The first-order valence-corrected chi connectivity index (χ1v) is 10.5. The predicted molar refractivity (Wildman–Crippen MR) is 105 cm³/mol. The van der Waals surface area contributed by atoms with Gasteiger partial charge < -0.3 is 9.47 Å². The van der Waals surface area contributed by atoms with E-state index in [4.69, 9.17) is 9.47 Å². The topological polar surface area (TPSA) is 107 Å². The Kier molecular flexibility index (Phi) is 7.20. The molecule has 0 saturated carbocycles. The number of ether oxygens (including phenoxy) is 2. The fraction of sp³-hybridized carbons (Fsp3) is 0.474. The van der Waals surface area contributed by atoms with Crippen LogP contribution in [-0.4, -0.2) is 37.4 Å². The fourth-order valence-electron chi connectivity index (χ4n) is 2.83. The molecule has 2 aromatic rings. The van der Waals surface area contributed by atoms with Gasteiger partial charge in [-0.15, -0.1) is 0 Å². The Morgan fingerprint density at radius 2 is 1.93 bits per heavy atom. The van der Waals surface area contributed by atoms with Crippen molar-refractivity contribution in [1.29, 1.82) is 0 Å². The van der Waals surface area contributed by atoms with Crippen LogP contribution >= 0.6 is 0 Å². The molecular weight excluding hydrogens is 384 g/mol. The maximum Gasteiger partial charge on any atom is 0.330 e. The van der Waals surface area contributed by atoms with Crippen molar-refractivity contribution in [3.05, 3.63) is 57.4 Å². The zero-order chi connectivity index (χ0) is 20.8. The number of nitrogens with zero attached hydrogens (tertiary/aromatic N) is 1. The molecule has 2 rings (SSSR count). The summed E-state index contributed by atoms with van der Waals surface area (Å²) >= 11 is 0. The normalized spacial score (nSPS) is 12.1. The van der Waals surface area contributed by atoms with Gasteiger partial charge in [0, 0.05) is 18.9 Å². The number of hydrogen-bond donors (Lipinski definition) is 1. The predicted octanol–water partition coefficient (Wildman–Crippen LogP) is 1.80. The molecule has 0 radical (unpaired) electrons. The van der Waals surface area contributed by atoms with E-state index in [1.807, 2.05) is 13.8 Å². The van der Waals surface area contributed by atoms with Crippen molar-refractivity contribution in [3.63, 3.8) is 0 Å². The van der Waals surface area contributed by atoms with E-state index in [1.165, 1.54) is 30.0 Å². The van der Waals surface area contributed by atoms with Crippen molar-refractivity contribution in [2.75, 3.05) is 19.5 Å². The molecule has 0 aliphatic heterocycles. The molecule has 0 spiro atoms. The Hall–Kier alpha value is -2.39. The number of benzene rings is 1. The van der Waals surface area contributed by atoms with Crippen LogP contribution in [0.1, 0.15) is 26.7 Å². The summed E-state index contributed by atoms with van der Waals surface area (Å²) in [4.78, 5) is 25.0. The van der Waals surface area contributed by atoms with Crippen LogP contribution in [0.3, 0.4) is 0 Å². The van der Waals surface area contributed by atoms with Gasteiger partial charge in [0.25, 0.3) is 5.56 Å². The second-order valence-corrected chi connectivity index (χ2v) is 9.31. The van der Waals surface area contributed by atoms with E-state index in [9.17, 15) is 18.0 Å². The number of aromatic nitrogens is 2. The van der Waals surface area contributed by atoms with Crippen LogP contribution in [0.2, 0.25) is 0 Å². The summed E-state index contributed by atoms with van der Waals surface area (Å²) in [7, 11) is -1.95. The number of methoxy groups -OCH3 is 1. The second-order valence-electron chi connectivity index (χ2n) is 7.32. The van der Waals surface area contributed by atoms with Gasteiger partial charge in [0.15, 0.2) is 9.84 Å². The molecule has 1 aromatic carbocycles. The lowest BCUT2D eigenvalue weighted by Gasteiger charge is -2.24. The van der Waals surface area contributed by atoms with Gasteiger partial charge in [-0.2, -0.15) is 0 Å². The average molecular weight is 410 g/mol. The van der Waals surface area contributed by atoms with Gasteiger partial charge in [-0.05, 0) is 36.5 Å². The molecule has 8 nitrogen and oxygen atoms in total. The maximum atomic E-state index is 12.7. The first-order valence-electron chi connectivity index (χ1n) is 8.87. The van der Waals surface area contributed by atoms with E-state index in [2.05, 4.69) is 4.98 Å². The summed E-state index contributed by atoms with van der Waals surface area (Å²) in [6.07, 6.45) is 2.64. The smallest absolute Gasteiger partial charge is 0.330 e. The Labute approximate surface area is 164 Å². The molecule has 0 unspecified atom stereocenters. The van der Waals surface area contributed by atoms with Crippen molar-refractivity contribution in [1.82, 2.24) is 9.55 Å².